The van der Waals surface area contributed by atoms with Gasteiger partial charge in [0.25, 0.3) is 0 Å². The number of para-hydroxylation sites is 2. The van der Waals surface area contributed by atoms with E-state index >= 15 is 0 Å². The molecule has 0 aliphatic heterocycles. The minimum Gasteiger partial charge on any atom is -0.495 e. The third kappa shape index (κ3) is 3.61. The van der Waals surface area contributed by atoms with Gasteiger partial charge in [-0.1, -0.05) is 28.1 Å². The molecule has 0 unspecified atom stereocenters. The summed E-state index contributed by atoms with van der Waals surface area (Å²) in [7, 11) is 4.91. The molecular formula is C16H18BrNO3. The number of halogens is 1. The quantitative estimate of drug-likeness (QED) is 0.850. The van der Waals surface area contributed by atoms with Gasteiger partial charge in [-0.3, -0.25) is 0 Å². The molecule has 1 N–H and O–H groups in total. The molecule has 5 heteroatoms. The van der Waals surface area contributed by atoms with Gasteiger partial charge in [0.05, 0.1) is 27.0 Å². The summed E-state index contributed by atoms with van der Waals surface area (Å²) in [5.74, 6) is 2.22. The Morgan fingerprint density at radius 3 is 2.19 bits per heavy atom. The number of nitrogens with one attached hydrogen (secondary N) is 1. The van der Waals surface area contributed by atoms with Gasteiger partial charge in [0.1, 0.15) is 5.75 Å². The Labute approximate surface area is 133 Å². The molecule has 2 rings (SSSR count). The van der Waals surface area contributed by atoms with E-state index in [0.29, 0.717) is 18.0 Å². The van der Waals surface area contributed by atoms with Crippen LogP contribution in [0.4, 0.5) is 5.69 Å². The summed E-state index contributed by atoms with van der Waals surface area (Å²) in [4.78, 5) is 0. The number of ether oxygens (including phenoxy) is 3. The largest absolute Gasteiger partial charge is 0.495 e. The molecule has 0 aliphatic carbocycles. The van der Waals surface area contributed by atoms with Crippen molar-refractivity contribution in [2.45, 2.75) is 6.54 Å². The molecule has 0 aromatic heterocycles. The Morgan fingerprint density at radius 2 is 1.52 bits per heavy atom. The van der Waals surface area contributed by atoms with Crippen LogP contribution in [0.5, 0.6) is 17.2 Å². The van der Waals surface area contributed by atoms with Crippen LogP contribution in [-0.2, 0) is 6.54 Å². The first-order valence-corrected chi connectivity index (χ1v) is 7.26. The lowest BCUT2D eigenvalue weighted by Gasteiger charge is -2.14. The van der Waals surface area contributed by atoms with Crippen LogP contribution in [0, 0.1) is 0 Å². The van der Waals surface area contributed by atoms with E-state index in [2.05, 4.69) is 21.2 Å². The van der Waals surface area contributed by atoms with Crippen molar-refractivity contribution in [3.8, 4) is 17.2 Å². The van der Waals surface area contributed by atoms with E-state index in [4.69, 9.17) is 14.2 Å². The molecule has 0 saturated heterocycles. The molecule has 0 spiro atoms. The van der Waals surface area contributed by atoms with E-state index in [0.717, 1.165) is 21.5 Å². The van der Waals surface area contributed by atoms with Crippen LogP contribution >= 0.6 is 15.9 Å². The monoisotopic (exact) mass is 351 g/mol. The second-order valence-corrected chi connectivity index (χ2v) is 5.21. The highest BCUT2D eigenvalue weighted by Gasteiger charge is 2.10. The number of hydrogen-bond acceptors (Lipinski definition) is 4. The number of hydrogen-bond donors (Lipinski definition) is 1. The Kier molecular flexibility index (Phi) is 5.33. The average molecular weight is 352 g/mol. The van der Waals surface area contributed by atoms with Gasteiger partial charge in [0, 0.05) is 11.0 Å². The van der Waals surface area contributed by atoms with Crippen LogP contribution in [0.15, 0.2) is 40.9 Å². The Morgan fingerprint density at radius 1 is 0.905 bits per heavy atom. The van der Waals surface area contributed by atoms with Crippen LogP contribution in [0.1, 0.15) is 5.56 Å². The minimum absolute atomic E-state index is 0.640. The lowest BCUT2D eigenvalue weighted by Crippen LogP contribution is -2.03. The van der Waals surface area contributed by atoms with Crippen molar-refractivity contribution in [1.82, 2.24) is 0 Å². The predicted molar refractivity (Wildman–Crippen MR) is 87.6 cm³/mol. The van der Waals surface area contributed by atoms with Crippen molar-refractivity contribution in [2.75, 3.05) is 26.6 Å². The number of methoxy groups -OCH3 is 3. The second kappa shape index (κ2) is 7.22. The molecule has 0 heterocycles. The maximum absolute atomic E-state index is 5.33. The van der Waals surface area contributed by atoms with Gasteiger partial charge in [-0.15, -0.1) is 0 Å². The lowest BCUT2D eigenvalue weighted by molar-refractivity contribution is 0.354. The Bertz CT molecular complexity index is 616. The number of rotatable bonds is 6. The van der Waals surface area contributed by atoms with Crippen LogP contribution in [-0.4, -0.2) is 21.3 Å². The summed E-state index contributed by atoms with van der Waals surface area (Å²) in [5.41, 5.74) is 2.01. The van der Waals surface area contributed by atoms with Gasteiger partial charge >= 0.3 is 0 Å². The molecular weight excluding hydrogens is 334 g/mol. The summed E-state index contributed by atoms with van der Waals surface area (Å²) in [6.45, 7) is 0.640. The zero-order valence-corrected chi connectivity index (χ0v) is 13.9. The molecule has 2 aromatic carbocycles. The smallest absolute Gasteiger partial charge is 0.161 e. The third-order valence-corrected chi connectivity index (χ3v) is 3.87. The third-order valence-electron chi connectivity index (χ3n) is 3.13. The molecule has 21 heavy (non-hydrogen) atoms. The zero-order valence-electron chi connectivity index (χ0n) is 12.3. The highest BCUT2D eigenvalue weighted by Crippen LogP contribution is 2.34. The molecule has 4 nitrogen and oxygen atoms in total. The first-order chi connectivity index (χ1) is 10.2. The summed E-state index contributed by atoms with van der Waals surface area (Å²) < 4.78 is 16.9. The molecule has 0 aliphatic rings. The van der Waals surface area contributed by atoms with E-state index in [-0.39, 0.29) is 0 Å². The predicted octanol–water partition coefficient (Wildman–Crippen LogP) is 4.09. The standard InChI is InChI=1S/C16H18BrNO3/c1-19-14-7-5-4-6-13(14)18-10-11-8-15(20-2)16(21-3)9-12(11)17/h4-9,18H,10H2,1-3H3. The van der Waals surface area contributed by atoms with E-state index in [1.807, 2.05) is 36.4 Å². The normalized spacial score (nSPS) is 10.1. The van der Waals surface area contributed by atoms with Crippen molar-refractivity contribution in [2.24, 2.45) is 0 Å². The summed E-state index contributed by atoms with van der Waals surface area (Å²) >= 11 is 3.55. The molecule has 0 amide bonds. The fourth-order valence-corrected chi connectivity index (χ4v) is 2.48. The fraction of sp³-hybridized carbons (Fsp3) is 0.250. The van der Waals surface area contributed by atoms with Crippen molar-refractivity contribution >= 4 is 21.6 Å². The van der Waals surface area contributed by atoms with Crippen molar-refractivity contribution in [3.63, 3.8) is 0 Å². The highest BCUT2D eigenvalue weighted by atomic mass is 79.9. The summed E-state index contributed by atoms with van der Waals surface area (Å²) in [6.07, 6.45) is 0. The van der Waals surface area contributed by atoms with Gasteiger partial charge < -0.3 is 19.5 Å². The minimum atomic E-state index is 0.640. The van der Waals surface area contributed by atoms with E-state index < -0.39 is 0 Å². The molecule has 0 saturated carbocycles. The highest BCUT2D eigenvalue weighted by molar-refractivity contribution is 9.10. The lowest BCUT2D eigenvalue weighted by atomic mass is 10.2. The van der Waals surface area contributed by atoms with Crippen LogP contribution in [0.25, 0.3) is 0 Å². The molecule has 0 radical (unpaired) electrons. The van der Waals surface area contributed by atoms with Crippen LogP contribution < -0.4 is 19.5 Å². The van der Waals surface area contributed by atoms with Crippen molar-refractivity contribution in [3.05, 3.63) is 46.4 Å². The molecule has 0 fully saturated rings. The zero-order chi connectivity index (χ0) is 15.2. The topological polar surface area (TPSA) is 39.7 Å². The van der Waals surface area contributed by atoms with E-state index in [9.17, 15) is 0 Å². The molecule has 0 bridgehead atoms. The van der Waals surface area contributed by atoms with Crippen molar-refractivity contribution in [1.29, 1.82) is 0 Å². The van der Waals surface area contributed by atoms with Gasteiger partial charge in [-0.2, -0.15) is 0 Å². The summed E-state index contributed by atoms with van der Waals surface area (Å²) in [5, 5.41) is 3.36. The van der Waals surface area contributed by atoms with Gasteiger partial charge in [0.2, 0.25) is 0 Å². The van der Waals surface area contributed by atoms with E-state index in [1.165, 1.54) is 0 Å². The first-order valence-electron chi connectivity index (χ1n) is 6.47. The molecule has 2 aromatic rings. The van der Waals surface area contributed by atoms with Gasteiger partial charge in [0.15, 0.2) is 11.5 Å². The Hall–Kier alpha value is -1.88. The van der Waals surface area contributed by atoms with Gasteiger partial charge in [-0.05, 0) is 29.8 Å². The second-order valence-electron chi connectivity index (χ2n) is 4.35. The van der Waals surface area contributed by atoms with Crippen LogP contribution in [0.2, 0.25) is 0 Å². The first kappa shape index (κ1) is 15.5. The molecule has 112 valence electrons. The van der Waals surface area contributed by atoms with Gasteiger partial charge in [-0.25, -0.2) is 0 Å². The maximum atomic E-state index is 5.33. The number of benzene rings is 2. The van der Waals surface area contributed by atoms with E-state index in [1.54, 1.807) is 21.3 Å². The molecule has 0 atom stereocenters. The Balaban J connectivity index is 2.20. The van der Waals surface area contributed by atoms with Crippen LogP contribution in [0.3, 0.4) is 0 Å². The fourth-order valence-electron chi connectivity index (χ4n) is 2.01. The van der Waals surface area contributed by atoms with Crippen molar-refractivity contribution < 1.29 is 14.2 Å². The maximum Gasteiger partial charge on any atom is 0.161 e. The SMILES string of the molecule is COc1ccccc1NCc1cc(OC)c(OC)cc1Br. The average Bonchev–Trinajstić information content (AvgIpc) is 2.53. The summed E-state index contributed by atoms with van der Waals surface area (Å²) in [6, 6.07) is 11.7. The number of anilines is 1.